The van der Waals surface area contributed by atoms with E-state index in [2.05, 4.69) is 5.32 Å². The third-order valence-corrected chi connectivity index (χ3v) is 3.50. The number of ether oxygens (including phenoxy) is 2. The first-order chi connectivity index (χ1) is 10.6. The maximum atomic E-state index is 12.1. The first-order valence-corrected chi connectivity index (χ1v) is 7.52. The minimum atomic E-state index is -0.207. The van der Waals surface area contributed by atoms with Crippen LogP contribution in [-0.2, 0) is 9.59 Å². The van der Waals surface area contributed by atoms with E-state index in [1.807, 2.05) is 6.92 Å². The zero-order valence-corrected chi connectivity index (χ0v) is 13.1. The first kappa shape index (κ1) is 16.1. The number of hydrogen-bond acceptors (Lipinski definition) is 4. The molecular weight excluding hydrogens is 284 g/mol. The lowest BCUT2D eigenvalue weighted by molar-refractivity contribution is -0.136. The van der Waals surface area contributed by atoms with E-state index in [0.717, 1.165) is 12.8 Å². The highest BCUT2D eigenvalue weighted by molar-refractivity contribution is 5.94. The molecular formula is C16H22N2O4. The van der Waals surface area contributed by atoms with Crippen LogP contribution in [-0.4, -0.2) is 43.5 Å². The Balaban J connectivity index is 1.97. The zero-order chi connectivity index (χ0) is 15.9. The molecule has 1 fully saturated rings. The number of hydrogen-bond donors (Lipinski definition) is 1. The van der Waals surface area contributed by atoms with Crippen LogP contribution in [0.3, 0.4) is 0 Å². The summed E-state index contributed by atoms with van der Waals surface area (Å²) in [6, 6.07) is 5.22. The van der Waals surface area contributed by atoms with E-state index in [-0.39, 0.29) is 18.4 Å². The van der Waals surface area contributed by atoms with Gasteiger partial charge in [0.15, 0.2) is 11.5 Å². The lowest BCUT2D eigenvalue weighted by atomic mass is 10.1. The van der Waals surface area contributed by atoms with Crippen LogP contribution in [0, 0.1) is 0 Å². The fourth-order valence-corrected chi connectivity index (χ4v) is 2.42. The number of piperidine rings is 1. The molecule has 0 aromatic heterocycles. The summed E-state index contributed by atoms with van der Waals surface area (Å²) in [7, 11) is 1.55. The van der Waals surface area contributed by atoms with E-state index in [0.29, 0.717) is 36.8 Å². The maximum absolute atomic E-state index is 12.1. The van der Waals surface area contributed by atoms with Gasteiger partial charge in [-0.3, -0.25) is 9.59 Å². The number of carbonyl (C=O) groups excluding carboxylic acids is 2. The van der Waals surface area contributed by atoms with Crippen molar-refractivity contribution in [2.24, 2.45) is 0 Å². The summed E-state index contributed by atoms with van der Waals surface area (Å²) in [6.45, 7) is 3.18. The highest BCUT2D eigenvalue weighted by Crippen LogP contribution is 2.30. The van der Waals surface area contributed by atoms with Crippen molar-refractivity contribution in [3.8, 4) is 11.5 Å². The molecule has 1 aromatic rings. The average molecular weight is 306 g/mol. The second-order valence-electron chi connectivity index (χ2n) is 5.12. The van der Waals surface area contributed by atoms with Gasteiger partial charge in [-0.05, 0) is 31.9 Å². The normalized spacial score (nSPS) is 14.6. The van der Waals surface area contributed by atoms with E-state index < -0.39 is 0 Å². The molecule has 22 heavy (non-hydrogen) atoms. The largest absolute Gasteiger partial charge is 0.493 e. The van der Waals surface area contributed by atoms with E-state index in [9.17, 15) is 9.59 Å². The average Bonchev–Trinajstić information content (AvgIpc) is 2.51. The Morgan fingerprint density at radius 3 is 2.82 bits per heavy atom. The molecule has 2 rings (SSSR count). The van der Waals surface area contributed by atoms with Crippen LogP contribution in [0.15, 0.2) is 18.2 Å². The van der Waals surface area contributed by atoms with E-state index in [1.54, 1.807) is 30.2 Å². The molecule has 1 N–H and O–H groups in total. The van der Waals surface area contributed by atoms with Crippen LogP contribution < -0.4 is 14.8 Å². The summed E-state index contributed by atoms with van der Waals surface area (Å²) in [4.78, 5) is 25.4. The number of carbonyl (C=O) groups is 2. The fourth-order valence-electron chi connectivity index (χ4n) is 2.42. The number of amides is 2. The molecule has 1 aliphatic heterocycles. The molecule has 6 nitrogen and oxygen atoms in total. The van der Waals surface area contributed by atoms with E-state index in [1.165, 1.54) is 0 Å². The number of nitrogens with one attached hydrogen (secondary N) is 1. The topological polar surface area (TPSA) is 67.9 Å². The van der Waals surface area contributed by atoms with Crippen LogP contribution in [0.25, 0.3) is 0 Å². The van der Waals surface area contributed by atoms with Crippen molar-refractivity contribution in [1.82, 2.24) is 4.90 Å². The number of methoxy groups -OCH3 is 1. The second-order valence-corrected chi connectivity index (χ2v) is 5.12. The Bertz CT molecular complexity index is 545. The van der Waals surface area contributed by atoms with Crippen molar-refractivity contribution >= 4 is 17.5 Å². The van der Waals surface area contributed by atoms with Gasteiger partial charge in [0.1, 0.15) is 0 Å². The van der Waals surface area contributed by atoms with Gasteiger partial charge in [0.05, 0.1) is 20.3 Å². The summed E-state index contributed by atoms with van der Waals surface area (Å²) in [5, 5.41) is 2.79. The van der Waals surface area contributed by atoms with Crippen LogP contribution in [0.4, 0.5) is 5.69 Å². The number of nitrogens with zero attached hydrogens (tertiary/aromatic N) is 1. The van der Waals surface area contributed by atoms with Gasteiger partial charge < -0.3 is 19.7 Å². The third-order valence-electron chi connectivity index (χ3n) is 3.50. The van der Waals surface area contributed by atoms with E-state index in [4.69, 9.17) is 9.47 Å². The predicted octanol–water partition coefficient (Wildman–Crippen LogP) is 2.04. The summed E-state index contributed by atoms with van der Waals surface area (Å²) in [5.74, 6) is 1.04. The number of likely N-dealkylation sites (tertiary alicyclic amines) is 1. The molecule has 120 valence electrons. The van der Waals surface area contributed by atoms with Crippen LogP contribution in [0.2, 0.25) is 0 Å². The van der Waals surface area contributed by atoms with E-state index >= 15 is 0 Å². The van der Waals surface area contributed by atoms with Gasteiger partial charge in [0.2, 0.25) is 11.8 Å². The number of benzene rings is 1. The second kappa shape index (κ2) is 7.68. The molecule has 0 spiro atoms. The van der Waals surface area contributed by atoms with Crippen molar-refractivity contribution in [1.29, 1.82) is 0 Å². The van der Waals surface area contributed by atoms with Gasteiger partial charge in [-0.2, -0.15) is 0 Å². The molecule has 0 unspecified atom stereocenters. The number of anilines is 1. The monoisotopic (exact) mass is 306 g/mol. The molecule has 0 atom stereocenters. The molecule has 0 bridgehead atoms. The van der Waals surface area contributed by atoms with Gasteiger partial charge in [0, 0.05) is 24.7 Å². The van der Waals surface area contributed by atoms with Crippen LogP contribution in [0.1, 0.15) is 26.2 Å². The zero-order valence-electron chi connectivity index (χ0n) is 13.1. The molecule has 0 radical (unpaired) electrons. The van der Waals surface area contributed by atoms with Gasteiger partial charge in [-0.15, -0.1) is 0 Å². The van der Waals surface area contributed by atoms with Crippen molar-refractivity contribution in [2.45, 2.75) is 26.2 Å². The molecule has 1 aromatic carbocycles. The van der Waals surface area contributed by atoms with Gasteiger partial charge in [-0.1, -0.05) is 0 Å². The van der Waals surface area contributed by atoms with Crippen molar-refractivity contribution in [2.75, 3.05) is 32.1 Å². The minimum absolute atomic E-state index is 0.0469. The van der Waals surface area contributed by atoms with Crippen molar-refractivity contribution < 1.29 is 19.1 Å². The SMILES string of the molecule is CCOc1ccc(NC(=O)CN2CCCCC2=O)cc1OC. The Hall–Kier alpha value is -2.24. The smallest absolute Gasteiger partial charge is 0.243 e. The Kier molecular flexibility index (Phi) is 5.63. The Morgan fingerprint density at radius 1 is 1.32 bits per heavy atom. The lowest BCUT2D eigenvalue weighted by Crippen LogP contribution is -2.40. The van der Waals surface area contributed by atoms with Crippen LogP contribution in [0.5, 0.6) is 11.5 Å². The molecule has 1 saturated heterocycles. The third kappa shape index (κ3) is 4.13. The lowest BCUT2D eigenvalue weighted by Gasteiger charge is -2.26. The molecule has 1 heterocycles. The van der Waals surface area contributed by atoms with Gasteiger partial charge in [0.25, 0.3) is 0 Å². The summed E-state index contributed by atoms with van der Waals surface area (Å²) < 4.78 is 10.7. The van der Waals surface area contributed by atoms with Crippen molar-refractivity contribution in [3.05, 3.63) is 18.2 Å². The Morgan fingerprint density at radius 2 is 2.14 bits per heavy atom. The maximum Gasteiger partial charge on any atom is 0.243 e. The Labute approximate surface area is 130 Å². The molecule has 6 heteroatoms. The fraction of sp³-hybridized carbons (Fsp3) is 0.500. The molecule has 0 aliphatic carbocycles. The highest BCUT2D eigenvalue weighted by Gasteiger charge is 2.20. The standard InChI is InChI=1S/C16H22N2O4/c1-3-22-13-8-7-12(10-14(13)21-2)17-15(19)11-18-9-5-4-6-16(18)20/h7-8,10H,3-6,9,11H2,1-2H3,(H,17,19). The van der Waals surface area contributed by atoms with Crippen molar-refractivity contribution in [3.63, 3.8) is 0 Å². The summed E-state index contributed by atoms with van der Waals surface area (Å²) in [6.07, 6.45) is 2.40. The van der Waals surface area contributed by atoms with Crippen LogP contribution >= 0.6 is 0 Å². The molecule has 0 saturated carbocycles. The van der Waals surface area contributed by atoms with Gasteiger partial charge >= 0.3 is 0 Å². The predicted molar refractivity (Wildman–Crippen MR) is 83.2 cm³/mol. The first-order valence-electron chi connectivity index (χ1n) is 7.52. The highest BCUT2D eigenvalue weighted by atomic mass is 16.5. The minimum Gasteiger partial charge on any atom is -0.493 e. The molecule has 2 amide bonds. The number of rotatable bonds is 6. The van der Waals surface area contributed by atoms with Gasteiger partial charge in [-0.25, -0.2) is 0 Å². The quantitative estimate of drug-likeness (QED) is 0.873. The summed E-state index contributed by atoms with van der Waals surface area (Å²) in [5.41, 5.74) is 0.620. The summed E-state index contributed by atoms with van der Waals surface area (Å²) >= 11 is 0. The molecule has 1 aliphatic rings.